The first-order chi connectivity index (χ1) is 12.0. The summed E-state index contributed by atoms with van der Waals surface area (Å²) in [5.74, 6) is 0. The molecule has 0 bridgehead atoms. The van der Waals surface area contributed by atoms with Gasteiger partial charge in [0.05, 0.1) is 21.4 Å². The second-order valence-corrected chi connectivity index (χ2v) is 13.9. The van der Waals surface area contributed by atoms with Gasteiger partial charge in [0.15, 0.2) is 0 Å². The van der Waals surface area contributed by atoms with Crippen molar-refractivity contribution in [3.05, 3.63) is 35.9 Å². The van der Waals surface area contributed by atoms with E-state index in [0.717, 1.165) is 19.8 Å². The molecular formula is C22H41NOSi. The third kappa shape index (κ3) is 13.2. The van der Waals surface area contributed by atoms with E-state index in [0.29, 0.717) is 0 Å². The minimum Gasteiger partial charge on any atom is -0.366 e. The molecule has 1 aromatic carbocycles. The number of hydrogen-bond acceptors (Lipinski definition) is 2. The molecule has 0 spiro atoms. The van der Waals surface area contributed by atoms with E-state index in [-0.39, 0.29) is 0 Å². The van der Waals surface area contributed by atoms with Crippen molar-refractivity contribution in [2.45, 2.75) is 77.9 Å². The Morgan fingerprint density at radius 2 is 1.52 bits per heavy atom. The Bertz CT molecular complexity index is 416. The fourth-order valence-corrected chi connectivity index (χ4v) is 4.77. The molecule has 0 saturated heterocycles. The Morgan fingerprint density at radius 1 is 0.880 bits per heavy atom. The van der Waals surface area contributed by atoms with Gasteiger partial charge in [0, 0.05) is 0 Å². The molecule has 3 heteroatoms. The summed E-state index contributed by atoms with van der Waals surface area (Å²) in [7, 11) is -1.08. The highest BCUT2D eigenvalue weighted by Gasteiger charge is 2.18. The summed E-state index contributed by atoms with van der Waals surface area (Å²) < 4.78 is 6.00. The highest BCUT2D eigenvalue weighted by molar-refractivity contribution is 6.76. The van der Waals surface area contributed by atoms with Gasteiger partial charge in [-0.15, -0.1) is 0 Å². The van der Waals surface area contributed by atoms with Crippen LogP contribution in [-0.4, -0.2) is 39.0 Å². The van der Waals surface area contributed by atoms with Gasteiger partial charge in [-0.1, -0.05) is 95.4 Å². The minimum absolute atomic E-state index is 0.799. The molecule has 0 aliphatic heterocycles. The van der Waals surface area contributed by atoms with Crippen molar-refractivity contribution in [3.63, 3.8) is 0 Å². The van der Waals surface area contributed by atoms with Gasteiger partial charge in [0.2, 0.25) is 0 Å². The fraction of sp³-hybridized carbons (Fsp3) is 0.727. The van der Waals surface area contributed by atoms with Gasteiger partial charge in [0.25, 0.3) is 0 Å². The molecule has 144 valence electrons. The van der Waals surface area contributed by atoms with Crippen LogP contribution in [0.25, 0.3) is 0 Å². The zero-order valence-electron chi connectivity index (χ0n) is 17.2. The molecule has 1 aromatic rings. The highest BCUT2D eigenvalue weighted by Crippen LogP contribution is 2.10. The standard InChI is InChI=1S/C22H41NOSi/c1-5-6-7-8-9-10-14-18-23(21-25(2,3)4)20-24-19-17-22-15-12-11-13-16-22/h11-13,15-16H,5-10,14,17-21H2,1-4H3. The number of nitrogens with zero attached hydrogens (tertiary/aromatic N) is 1. The molecule has 0 aliphatic carbocycles. The molecule has 0 fully saturated rings. The number of hydrogen-bond donors (Lipinski definition) is 0. The maximum absolute atomic E-state index is 6.00. The zero-order chi connectivity index (χ0) is 18.4. The Kier molecular flexibility index (Phi) is 12.1. The minimum atomic E-state index is -1.08. The lowest BCUT2D eigenvalue weighted by Crippen LogP contribution is -2.42. The molecule has 0 N–H and O–H groups in total. The van der Waals surface area contributed by atoms with E-state index in [1.807, 2.05) is 0 Å². The molecular weight excluding hydrogens is 322 g/mol. The SMILES string of the molecule is CCCCCCCCCN(COCCc1ccccc1)C[Si](C)(C)C. The summed E-state index contributed by atoms with van der Waals surface area (Å²) >= 11 is 0. The average Bonchev–Trinajstić information content (AvgIpc) is 2.57. The van der Waals surface area contributed by atoms with Crippen LogP contribution < -0.4 is 0 Å². The maximum atomic E-state index is 6.00. The van der Waals surface area contributed by atoms with Crippen LogP contribution in [0, 0.1) is 0 Å². The molecule has 25 heavy (non-hydrogen) atoms. The number of ether oxygens (including phenoxy) is 1. The molecule has 0 atom stereocenters. The molecule has 2 nitrogen and oxygen atoms in total. The normalized spacial score (nSPS) is 12.0. The maximum Gasteiger partial charge on any atom is 0.0987 e. The molecule has 0 unspecified atom stereocenters. The van der Waals surface area contributed by atoms with Crippen molar-refractivity contribution in [1.29, 1.82) is 0 Å². The van der Waals surface area contributed by atoms with Gasteiger partial charge in [-0.25, -0.2) is 0 Å². The smallest absolute Gasteiger partial charge is 0.0987 e. The van der Waals surface area contributed by atoms with Crippen LogP contribution in [0.4, 0.5) is 0 Å². The van der Waals surface area contributed by atoms with E-state index in [2.05, 4.69) is 61.8 Å². The van der Waals surface area contributed by atoms with Crippen LogP contribution in [-0.2, 0) is 11.2 Å². The molecule has 1 rings (SSSR count). The van der Waals surface area contributed by atoms with Gasteiger partial charge < -0.3 is 4.74 Å². The van der Waals surface area contributed by atoms with Crippen LogP contribution in [0.3, 0.4) is 0 Å². The van der Waals surface area contributed by atoms with Gasteiger partial charge in [-0.05, 0) is 31.1 Å². The number of unbranched alkanes of at least 4 members (excludes halogenated alkanes) is 6. The van der Waals surface area contributed by atoms with Gasteiger partial charge >= 0.3 is 0 Å². The summed E-state index contributed by atoms with van der Waals surface area (Å²) in [6, 6.07) is 10.6. The van der Waals surface area contributed by atoms with Crippen LogP contribution in [0.5, 0.6) is 0 Å². The molecule has 0 amide bonds. The van der Waals surface area contributed by atoms with Crippen molar-refractivity contribution >= 4 is 8.07 Å². The van der Waals surface area contributed by atoms with Crippen molar-refractivity contribution in [1.82, 2.24) is 4.90 Å². The van der Waals surface area contributed by atoms with Crippen LogP contribution in [0.2, 0.25) is 19.6 Å². The van der Waals surface area contributed by atoms with E-state index in [4.69, 9.17) is 4.74 Å². The van der Waals surface area contributed by atoms with Crippen molar-refractivity contribution < 1.29 is 4.74 Å². The molecule has 0 heterocycles. The Morgan fingerprint density at radius 3 is 2.16 bits per heavy atom. The summed E-state index contributed by atoms with van der Waals surface area (Å²) in [6.07, 6.45) is 11.9. The van der Waals surface area contributed by atoms with E-state index in [1.54, 1.807) is 0 Å². The van der Waals surface area contributed by atoms with Crippen LogP contribution in [0.1, 0.15) is 57.4 Å². The van der Waals surface area contributed by atoms with Crippen LogP contribution in [0.15, 0.2) is 30.3 Å². The molecule has 0 radical (unpaired) electrons. The lowest BCUT2D eigenvalue weighted by atomic mass is 10.1. The fourth-order valence-electron chi connectivity index (χ4n) is 3.18. The predicted molar refractivity (Wildman–Crippen MR) is 114 cm³/mol. The zero-order valence-corrected chi connectivity index (χ0v) is 18.2. The third-order valence-corrected chi connectivity index (χ3v) is 5.82. The summed E-state index contributed by atoms with van der Waals surface area (Å²) in [5.41, 5.74) is 1.37. The average molecular weight is 364 g/mol. The lowest BCUT2D eigenvalue weighted by molar-refractivity contribution is 0.0381. The van der Waals surface area contributed by atoms with E-state index in [9.17, 15) is 0 Å². The van der Waals surface area contributed by atoms with Crippen molar-refractivity contribution in [2.24, 2.45) is 0 Å². The molecule has 0 aromatic heterocycles. The molecule has 0 saturated carbocycles. The summed E-state index contributed by atoms with van der Waals surface area (Å²) in [4.78, 5) is 2.56. The van der Waals surface area contributed by atoms with E-state index in [1.165, 1.54) is 63.2 Å². The van der Waals surface area contributed by atoms with Crippen molar-refractivity contribution in [3.8, 4) is 0 Å². The Balaban J connectivity index is 2.20. The second-order valence-electron chi connectivity index (χ2n) is 8.51. The quantitative estimate of drug-likeness (QED) is 0.211. The molecule has 0 aliphatic rings. The topological polar surface area (TPSA) is 12.5 Å². The van der Waals surface area contributed by atoms with Gasteiger partial charge in [-0.3, -0.25) is 4.90 Å². The monoisotopic (exact) mass is 363 g/mol. The summed E-state index contributed by atoms with van der Waals surface area (Å²) in [5, 5.41) is 0. The Labute approximate surface area is 158 Å². The first-order valence-corrected chi connectivity index (χ1v) is 14.1. The number of rotatable bonds is 15. The van der Waals surface area contributed by atoms with E-state index >= 15 is 0 Å². The first kappa shape index (κ1) is 22.4. The van der Waals surface area contributed by atoms with Gasteiger partial charge in [0.1, 0.15) is 0 Å². The van der Waals surface area contributed by atoms with E-state index < -0.39 is 8.07 Å². The Hall–Kier alpha value is -0.643. The summed E-state index contributed by atoms with van der Waals surface area (Å²) in [6.45, 7) is 12.5. The lowest BCUT2D eigenvalue weighted by Gasteiger charge is -2.28. The third-order valence-electron chi connectivity index (χ3n) is 4.43. The highest BCUT2D eigenvalue weighted by atomic mass is 28.3. The van der Waals surface area contributed by atoms with Crippen molar-refractivity contribution in [2.75, 3.05) is 26.1 Å². The largest absolute Gasteiger partial charge is 0.366 e. The van der Waals surface area contributed by atoms with Crippen LogP contribution >= 0.6 is 0 Å². The number of benzene rings is 1. The van der Waals surface area contributed by atoms with Gasteiger partial charge in [-0.2, -0.15) is 0 Å². The first-order valence-electron chi connectivity index (χ1n) is 10.4. The predicted octanol–water partition coefficient (Wildman–Crippen LogP) is 6.13. The second kappa shape index (κ2) is 13.5.